The molecule has 2 atom stereocenters. The molecule has 2 nitrogen and oxygen atoms in total. The van der Waals surface area contributed by atoms with Crippen LogP contribution in [-0.2, 0) is 9.47 Å². The molecule has 0 aromatic heterocycles. The van der Waals surface area contributed by atoms with E-state index in [1.165, 1.54) is 11.1 Å². The highest BCUT2D eigenvalue weighted by molar-refractivity contribution is 5.28. The van der Waals surface area contributed by atoms with Crippen LogP contribution in [0.5, 0.6) is 0 Å². The van der Waals surface area contributed by atoms with E-state index in [-0.39, 0.29) is 6.10 Å². The van der Waals surface area contributed by atoms with Gasteiger partial charge in [-0.15, -0.1) is 6.58 Å². The zero-order chi connectivity index (χ0) is 12.8. The third-order valence-corrected chi connectivity index (χ3v) is 3.45. The Bertz CT molecular complexity index is 386. The van der Waals surface area contributed by atoms with Crippen LogP contribution in [-0.4, -0.2) is 19.3 Å². The van der Waals surface area contributed by atoms with Crippen LogP contribution in [0.4, 0.5) is 0 Å². The van der Waals surface area contributed by atoms with Crippen molar-refractivity contribution in [3.05, 3.63) is 48.0 Å². The van der Waals surface area contributed by atoms with Crippen LogP contribution in [0.3, 0.4) is 0 Å². The maximum absolute atomic E-state index is 5.88. The predicted octanol–water partition coefficient (Wildman–Crippen LogP) is 3.81. The molecule has 1 aromatic rings. The second-order valence-electron chi connectivity index (χ2n) is 4.81. The molecular formula is C16H22O2. The molecule has 2 heteroatoms. The Morgan fingerprint density at radius 2 is 2.28 bits per heavy atom. The number of ether oxygens (including phenoxy) is 2. The van der Waals surface area contributed by atoms with E-state index < -0.39 is 0 Å². The SMILES string of the molecule is C=CCCOC1CCOC(c2ccccc2C)C1. The zero-order valence-electron chi connectivity index (χ0n) is 11.1. The van der Waals surface area contributed by atoms with Gasteiger partial charge < -0.3 is 9.47 Å². The third kappa shape index (κ3) is 3.44. The Labute approximate surface area is 110 Å². The molecule has 1 saturated heterocycles. The maximum atomic E-state index is 5.88. The molecule has 1 heterocycles. The zero-order valence-corrected chi connectivity index (χ0v) is 11.1. The van der Waals surface area contributed by atoms with E-state index in [9.17, 15) is 0 Å². The Morgan fingerprint density at radius 3 is 3.06 bits per heavy atom. The fourth-order valence-corrected chi connectivity index (χ4v) is 2.40. The van der Waals surface area contributed by atoms with Crippen molar-refractivity contribution in [2.24, 2.45) is 0 Å². The standard InChI is InChI=1S/C16H22O2/c1-3-4-10-17-14-9-11-18-16(12-14)15-8-6-5-7-13(15)2/h3,5-8,14,16H,1,4,9-12H2,2H3. The van der Waals surface area contributed by atoms with Crippen LogP contribution in [0.2, 0.25) is 0 Å². The Hall–Kier alpha value is -1.12. The van der Waals surface area contributed by atoms with E-state index in [4.69, 9.17) is 9.47 Å². The van der Waals surface area contributed by atoms with Gasteiger partial charge in [0.25, 0.3) is 0 Å². The molecule has 0 aliphatic carbocycles. The van der Waals surface area contributed by atoms with Gasteiger partial charge in [0.1, 0.15) is 0 Å². The van der Waals surface area contributed by atoms with Crippen molar-refractivity contribution in [1.29, 1.82) is 0 Å². The summed E-state index contributed by atoms with van der Waals surface area (Å²) >= 11 is 0. The lowest BCUT2D eigenvalue weighted by Gasteiger charge is -2.30. The molecule has 0 amide bonds. The van der Waals surface area contributed by atoms with Crippen LogP contribution in [0.25, 0.3) is 0 Å². The largest absolute Gasteiger partial charge is 0.378 e. The second-order valence-corrected chi connectivity index (χ2v) is 4.81. The Balaban J connectivity index is 1.94. The van der Waals surface area contributed by atoms with Crippen molar-refractivity contribution in [2.75, 3.05) is 13.2 Å². The molecule has 1 aliphatic heterocycles. The average Bonchev–Trinajstić information content (AvgIpc) is 2.40. The average molecular weight is 246 g/mol. The van der Waals surface area contributed by atoms with E-state index in [0.717, 1.165) is 32.5 Å². The number of hydrogen-bond donors (Lipinski definition) is 0. The van der Waals surface area contributed by atoms with Gasteiger partial charge in [-0.05, 0) is 30.9 Å². The van der Waals surface area contributed by atoms with Gasteiger partial charge >= 0.3 is 0 Å². The van der Waals surface area contributed by atoms with Gasteiger partial charge in [0.15, 0.2) is 0 Å². The van der Waals surface area contributed by atoms with Crippen molar-refractivity contribution in [2.45, 2.75) is 38.4 Å². The molecule has 0 saturated carbocycles. The van der Waals surface area contributed by atoms with Gasteiger partial charge in [-0.25, -0.2) is 0 Å². The first-order chi connectivity index (χ1) is 8.81. The lowest BCUT2D eigenvalue weighted by molar-refractivity contribution is -0.0732. The van der Waals surface area contributed by atoms with Crippen LogP contribution >= 0.6 is 0 Å². The number of rotatable bonds is 5. The minimum atomic E-state index is 0.189. The van der Waals surface area contributed by atoms with Gasteiger partial charge in [0.05, 0.1) is 18.8 Å². The van der Waals surface area contributed by atoms with Gasteiger partial charge in [-0.1, -0.05) is 30.3 Å². The fourth-order valence-electron chi connectivity index (χ4n) is 2.40. The van der Waals surface area contributed by atoms with Crippen molar-refractivity contribution in [3.8, 4) is 0 Å². The molecule has 1 fully saturated rings. The van der Waals surface area contributed by atoms with Crippen molar-refractivity contribution >= 4 is 0 Å². The monoisotopic (exact) mass is 246 g/mol. The first kappa shape index (κ1) is 13.3. The highest BCUT2D eigenvalue weighted by Gasteiger charge is 2.25. The number of hydrogen-bond acceptors (Lipinski definition) is 2. The molecule has 0 N–H and O–H groups in total. The summed E-state index contributed by atoms with van der Waals surface area (Å²) in [5, 5.41) is 0. The molecule has 18 heavy (non-hydrogen) atoms. The Kier molecular flexibility index (Phi) is 4.97. The summed E-state index contributed by atoms with van der Waals surface area (Å²) in [5.41, 5.74) is 2.60. The predicted molar refractivity (Wildman–Crippen MR) is 73.7 cm³/mol. The van der Waals surface area contributed by atoms with E-state index in [1.54, 1.807) is 0 Å². The van der Waals surface area contributed by atoms with Crippen LogP contribution < -0.4 is 0 Å². The van der Waals surface area contributed by atoms with E-state index in [0.29, 0.717) is 6.10 Å². The summed E-state index contributed by atoms with van der Waals surface area (Å²) in [6, 6.07) is 8.45. The summed E-state index contributed by atoms with van der Waals surface area (Å²) in [4.78, 5) is 0. The molecule has 0 radical (unpaired) electrons. The summed E-state index contributed by atoms with van der Waals surface area (Å²) in [6.07, 6.45) is 5.29. The van der Waals surface area contributed by atoms with Gasteiger partial charge in [-0.2, -0.15) is 0 Å². The summed E-state index contributed by atoms with van der Waals surface area (Å²) < 4.78 is 11.7. The van der Waals surface area contributed by atoms with Crippen molar-refractivity contribution < 1.29 is 9.47 Å². The summed E-state index contributed by atoms with van der Waals surface area (Å²) in [6.45, 7) is 7.41. The molecule has 0 spiro atoms. The number of benzene rings is 1. The van der Waals surface area contributed by atoms with Gasteiger partial charge in [0.2, 0.25) is 0 Å². The quantitative estimate of drug-likeness (QED) is 0.581. The van der Waals surface area contributed by atoms with Crippen LogP contribution in [0.1, 0.15) is 36.5 Å². The molecular weight excluding hydrogens is 224 g/mol. The van der Waals surface area contributed by atoms with E-state index in [2.05, 4.69) is 37.8 Å². The van der Waals surface area contributed by atoms with Crippen molar-refractivity contribution in [3.63, 3.8) is 0 Å². The maximum Gasteiger partial charge on any atom is 0.0852 e. The van der Waals surface area contributed by atoms with Gasteiger partial charge in [-0.3, -0.25) is 0 Å². The lowest BCUT2D eigenvalue weighted by atomic mass is 9.96. The molecule has 2 rings (SSSR count). The van der Waals surface area contributed by atoms with Crippen LogP contribution in [0, 0.1) is 6.92 Å². The van der Waals surface area contributed by atoms with Crippen LogP contribution in [0.15, 0.2) is 36.9 Å². The normalized spacial score (nSPS) is 23.8. The second kappa shape index (κ2) is 6.72. The molecule has 1 aromatic carbocycles. The van der Waals surface area contributed by atoms with Gasteiger partial charge in [0, 0.05) is 13.0 Å². The van der Waals surface area contributed by atoms with E-state index >= 15 is 0 Å². The lowest BCUT2D eigenvalue weighted by Crippen LogP contribution is -2.26. The third-order valence-electron chi connectivity index (χ3n) is 3.45. The topological polar surface area (TPSA) is 18.5 Å². The molecule has 0 bridgehead atoms. The molecule has 2 unspecified atom stereocenters. The highest BCUT2D eigenvalue weighted by Crippen LogP contribution is 2.31. The smallest absolute Gasteiger partial charge is 0.0852 e. The minimum absolute atomic E-state index is 0.189. The van der Waals surface area contributed by atoms with Crippen molar-refractivity contribution in [1.82, 2.24) is 0 Å². The highest BCUT2D eigenvalue weighted by atomic mass is 16.5. The summed E-state index contributed by atoms with van der Waals surface area (Å²) in [7, 11) is 0. The number of aryl methyl sites for hydroxylation is 1. The Morgan fingerprint density at radius 1 is 1.44 bits per heavy atom. The molecule has 98 valence electrons. The first-order valence-corrected chi connectivity index (χ1v) is 6.71. The molecule has 1 aliphatic rings. The minimum Gasteiger partial charge on any atom is -0.378 e. The first-order valence-electron chi connectivity index (χ1n) is 6.71. The fraction of sp³-hybridized carbons (Fsp3) is 0.500. The summed E-state index contributed by atoms with van der Waals surface area (Å²) in [5.74, 6) is 0. The van der Waals surface area contributed by atoms with E-state index in [1.807, 2.05) is 6.08 Å².